The predicted octanol–water partition coefficient (Wildman–Crippen LogP) is 10.4. The van der Waals surface area contributed by atoms with E-state index < -0.39 is 64.5 Å². The van der Waals surface area contributed by atoms with Gasteiger partial charge in [0.15, 0.2) is 0 Å². The second-order valence-electron chi connectivity index (χ2n) is 12.2. The fraction of sp³-hybridized carbons (Fsp3) is 0.351. The smallest absolute Gasteiger partial charge is 0.415 e. The van der Waals surface area contributed by atoms with Crippen molar-refractivity contribution in [1.82, 2.24) is 10.2 Å². The van der Waals surface area contributed by atoms with Crippen LogP contribution in [0.15, 0.2) is 103 Å². The van der Waals surface area contributed by atoms with Crippen LogP contribution in [0.25, 0.3) is 0 Å². The van der Waals surface area contributed by atoms with Crippen molar-refractivity contribution in [3.8, 4) is 17.2 Å². The molecule has 1 saturated heterocycles. The fourth-order valence-corrected chi connectivity index (χ4v) is 5.79. The Balaban J connectivity index is 1.65. The van der Waals surface area contributed by atoms with Crippen LogP contribution < -0.4 is 14.8 Å². The van der Waals surface area contributed by atoms with E-state index in [4.69, 9.17) is 9.47 Å². The highest BCUT2D eigenvalue weighted by atomic mass is 19.4. The van der Waals surface area contributed by atoms with Crippen molar-refractivity contribution in [2.75, 3.05) is 32.8 Å². The third kappa shape index (κ3) is 9.34. The van der Waals surface area contributed by atoms with Gasteiger partial charge in [0.25, 0.3) is 5.92 Å². The third-order valence-electron chi connectivity index (χ3n) is 8.33. The summed E-state index contributed by atoms with van der Waals surface area (Å²) in [5, 5.41) is 3.19. The standard InChI is InChI=1S/C37H35F11N2O2/c1-4-5-24(2)20-28(35(40,41)42)23-51-29-11-7-26(8-12-29)34(36(43,44)45,37(46,47)48)27-9-13-30(14-10-27)52-32-15-6-25(21-31(32)33(3,38)39)22-50-18-16-49-17-19-50/h4-15,20-21,49H,1,16-19,22-23H2,2-3H3/b24-5-,28-20+. The van der Waals surface area contributed by atoms with Gasteiger partial charge in [0, 0.05) is 39.6 Å². The van der Waals surface area contributed by atoms with Crippen molar-refractivity contribution in [3.05, 3.63) is 125 Å². The molecule has 3 aromatic rings. The molecule has 3 aromatic carbocycles. The monoisotopic (exact) mass is 748 g/mol. The highest BCUT2D eigenvalue weighted by molar-refractivity contribution is 5.49. The molecule has 0 aromatic heterocycles. The Kier molecular flexibility index (Phi) is 12.2. The topological polar surface area (TPSA) is 33.7 Å². The van der Waals surface area contributed by atoms with E-state index in [9.17, 15) is 48.3 Å². The van der Waals surface area contributed by atoms with E-state index in [0.29, 0.717) is 68.5 Å². The summed E-state index contributed by atoms with van der Waals surface area (Å²) < 4.78 is 169. The van der Waals surface area contributed by atoms with Gasteiger partial charge in [0.1, 0.15) is 23.9 Å². The van der Waals surface area contributed by atoms with Gasteiger partial charge >= 0.3 is 18.5 Å². The molecule has 282 valence electrons. The zero-order valence-corrected chi connectivity index (χ0v) is 28.0. The lowest BCUT2D eigenvalue weighted by Crippen LogP contribution is -2.54. The predicted molar refractivity (Wildman–Crippen MR) is 174 cm³/mol. The summed E-state index contributed by atoms with van der Waals surface area (Å²) in [6.07, 6.45) is -13.5. The Labute approximate surface area is 293 Å². The van der Waals surface area contributed by atoms with Crippen LogP contribution >= 0.6 is 0 Å². The number of nitrogens with one attached hydrogen (secondary N) is 1. The molecule has 4 rings (SSSR count). The molecule has 0 atom stereocenters. The van der Waals surface area contributed by atoms with Gasteiger partial charge in [-0.15, -0.1) is 0 Å². The molecule has 52 heavy (non-hydrogen) atoms. The molecule has 0 aliphatic carbocycles. The van der Waals surface area contributed by atoms with Crippen molar-refractivity contribution >= 4 is 0 Å². The van der Waals surface area contributed by atoms with Gasteiger partial charge in [-0.3, -0.25) is 4.90 Å². The number of halogens is 11. The van der Waals surface area contributed by atoms with Crippen LogP contribution in [-0.4, -0.2) is 56.2 Å². The van der Waals surface area contributed by atoms with Crippen LogP contribution in [0.2, 0.25) is 0 Å². The SMILES string of the molecule is C=C/C=C(C)\C=C(/COc1ccc(C(c2ccc(Oc3ccc(CN4CCNCC4)cc3C(C)(F)F)cc2)(C(F)(F)F)C(F)(F)F)cc1)C(F)(F)F. The number of allylic oxidation sites excluding steroid dienone is 4. The van der Waals surface area contributed by atoms with E-state index >= 15 is 0 Å². The zero-order chi connectivity index (χ0) is 38.5. The van der Waals surface area contributed by atoms with E-state index in [1.165, 1.54) is 31.2 Å². The molecule has 4 nitrogen and oxygen atoms in total. The van der Waals surface area contributed by atoms with E-state index in [0.717, 1.165) is 31.3 Å². The van der Waals surface area contributed by atoms with Gasteiger partial charge in [0.2, 0.25) is 5.41 Å². The number of alkyl halides is 11. The first-order chi connectivity index (χ1) is 24.2. The lowest BCUT2D eigenvalue weighted by atomic mass is 9.73. The minimum atomic E-state index is -5.98. The summed E-state index contributed by atoms with van der Waals surface area (Å²) in [4.78, 5) is 2.06. The summed E-state index contributed by atoms with van der Waals surface area (Å²) in [5.41, 5.74) is -8.12. The summed E-state index contributed by atoms with van der Waals surface area (Å²) in [5.74, 6) is -4.47. The Morgan fingerprint density at radius 1 is 0.788 bits per heavy atom. The molecule has 0 unspecified atom stereocenters. The molecule has 15 heteroatoms. The number of hydrogen-bond donors (Lipinski definition) is 1. The molecule has 0 spiro atoms. The summed E-state index contributed by atoms with van der Waals surface area (Å²) in [6.45, 7) is 7.55. The van der Waals surface area contributed by atoms with Crippen LogP contribution in [-0.2, 0) is 17.9 Å². The molecule has 0 saturated carbocycles. The van der Waals surface area contributed by atoms with Gasteiger partial charge < -0.3 is 14.8 Å². The average molecular weight is 749 g/mol. The number of rotatable bonds is 12. The summed E-state index contributed by atoms with van der Waals surface area (Å²) in [7, 11) is 0. The first kappa shape index (κ1) is 40.4. The quantitative estimate of drug-likeness (QED) is 0.148. The second kappa shape index (κ2) is 15.7. The lowest BCUT2D eigenvalue weighted by molar-refractivity contribution is -0.288. The molecular formula is C37H35F11N2O2. The Bertz CT molecular complexity index is 1720. The first-order valence-corrected chi connectivity index (χ1v) is 15.8. The lowest BCUT2D eigenvalue weighted by Gasteiger charge is -2.38. The number of hydrogen-bond acceptors (Lipinski definition) is 4. The minimum Gasteiger partial charge on any atom is -0.489 e. The van der Waals surface area contributed by atoms with Crippen LogP contribution in [0.3, 0.4) is 0 Å². The molecule has 0 radical (unpaired) electrons. The maximum absolute atomic E-state index is 14.7. The highest BCUT2D eigenvalue weighted by Crippen LogP contribution is 2.56. The molecule has 0 amide bonds. The van der Waals surface area contributed by atoms with Crippen LogP contribution in [0.1, 0.15) is 36.1 Å². The Morgan fingerprint density at radius 3 is 1.81 bits per heavy atom. The van der Waals surface area contributed by atoms with Crippen molar-refractivity contribution in [3.63, 3.8) is 0 Å². The largest absolute Gasteiger partial charge is 0.489 e. The normalized spacial score (nSPS) is 15.8. The molecule has 1 fully saturated rings. The maximum Gasteiger partial charge on any atom is 0.415 e. The average Bonchev–Trinajstić information content (AvgIpc) is 3.04. The Morgan fingerprint density at radius 2 is 1.33 bits per heavy atom. The van der Waals surface area contributed by atoms with E-state index in [1.54, 1.807) is 6.07 Å². The number of benzene rings is 3. The van der Waals surface area contributed by atoms with Gasteiger partial charge in [-0.05, 0) is 66.1 Å². The van der Waals surface area contributed by atoms with Crippen molar-refractivity contribution in [2.45, 2.75) is 50.3 Å². The van der Waals surface area contributed by atoms with Gasteiger partial charge in [0.05, 0.1) is 11.1 Å². The van der Waals surface area contributed by atoms with E-state index in [1.807, 2.05) is 0 Å². The molecule has 0 bridgehead atoms. The van der Waals surface area contributed by atoms with Crippen LogP contribution in [0.5, 0.6) is 17.2 Å². The third-order valence-corrected chi connectivity index (χ3v) is 8.33. The summed E-state index contributed by atoms with van der Waals surface area (Å²) >= 11 is 0. The van der Waals surface area contributed by atoms with Crippen LogP contribution in [0.4, 0.5) is 48.3 Å². The van der Waals surface area contributed by atoms with E-state index in [-0.39, 0.29) is 17.1 Å². The van der Waals surface area contributed by atoms with Crippen molar-refractivity contribution in [2.24, 2.45) is 0 Å². The van der Waals surface area contributed by atoms with Gasteiger partial charge in [-0.25, -0.2) is 8.78 Å². The molecule has 1 aliphatic rings. The van der Waals surface area contributed by atoms with Crippen molar-refractivity contribution < 1.29 is 57.8 Å². The molecule has 1 N–H and O–H groups in total. The summed E-state index contributed by atoms with van der Waals surface area (Å²) in [6, 6.07) is 9.09. The number of nitrogens with zero attached hydrogens (tertiary/aromatic N) is 1. The number of ether oxygens (including phenoxy) is 2. The molecule has 1 heterocycles. The maximum atomic E-state index is 14.7. The molecular weight excluding hydrogens is 713 g/mol. The van der Waals surface area contributed by atoms with Crippen molar-refractivity contribution in [1.29, 1.82) is 0 Å². The first-order valence-electron chi connectivity index (χ1n) is 15.8. The fourth-order valence-electron chi connectivity index (χ4n) is 5.79. The van der Waals surface area contributed by atoms with Gasteiger partial charge in [-0.2, -0.15) is 39.5 Å². The van der Waals surface area contributed by atoms with Crippen LogP contribution in [0, 0.1) is 0 Å². The molecule has 1 aliphatic heterocycles. The second-order valence-corrected chi connectivity index (χ2v) is 12.2. The Hall–Kier alpha value is -4.37. The van der Waals surface area contributed by atoms with E-state index in [2.05, 4.69) is 16.8 Å². The zero-order valence-electron chi connectivity index (χ0n) is 28.0. The number of piperazine rings is 1. The minimum absolute atomic E-state index is 0.167. The highest BCUT2D eigenvalue weighted by Gasteiger charge is 2.72. The van der Waals surface area contributed by atoms with Gasteiger partial charge in [-0.1, -0.05) is 54.6 Å².